The van der Waals surface area contributed by atoms with Crippen molar-refractivity contribution in [2.45, 2.75) is 0 Å². The van der Waals surface area contributed by atoms with Gasteiger partial charge < -0.3 is 5.73 Å². The number of thiazole rings is 1. The van der Waals surface area contributed by atoms with Gasteiger partial charge in [-0.25, -0.2) is 9.97 Å². The van der Waals surface area contributed by atoms with E-state index in [2.05, 4.69) is 15.0 Å². The number of aromatic nitrogens is 4. The first-order valence-electron chi connectivity index (χ1n) is 4.99. The summed E-state index contributed by atoms with van der Waals surface area (Å²) in [6.07, 6.45) is 8.83. The Morgan fingerprint density at radius 3 is 2.88 bits per heavy atom. The number of hydrogen-bond acceptors (Lipinski definition) is 5. The number of nitrogens with two attached hydrogens (primary N) is 1. The molecule has 0 aromatic carbocycles. The fourth-order valence-corrected chi connectivity index (χ4v) is 2.38. The molecule has 3 aromatic rings. The molecule has 0 aliphatic rings. The largest absolute Gasteiger partial charge is 0.375 e. The Hall–Kier alpha value is -2.21. The zero-order valence-corrected chi connectivity index (χ0v) is 9.63. The van der Waals surface area contributed by atoms with Crippen molar-refractivity contribution in [2.24, 2.45) is 0 Å². The average molecular weight is 243 g/mol. The lowest BCUT2D eigenvalue weighted by Gasteiger charge is -2.01. The van der Waals surface area contributed by atoms with E-state index in [1.165, 1.54) is 11.3 Å². The first-order valence-corrected chi connectivity index (χ1v) is 5.81. The van der Waals surface area contributed by atoms with Crippen LogP contribution in [0, 0.1) is 0 Å². The summed E-state index contributed by atoms with van der Waals surface area (Å²) < 4.78 is 1.90. The van der Waals surface area contributed by atoms with Crippen LogP contribution in [0.2, 0.25) is 0 Å². The quantitative estimate of drug-likeness (QED) is 0.747. The zero-order chi connectivity index (χ0) is 11.7. The molecule has 0 aliphatic carbocycles. The zero-order valence-electron chi connectivity index (χ0n) is 8.82. The van der Waals surface area contributed by atoms with Crippen LogP contribution in [0.3, 0.4) is 0 Å². The minimum atomic E-state index is 0.535. The summed E-state index contributed by atoms with van der Waals surface area (Å²) in [5.74, 6) is 0. The van der Waals surface area contributed by atoms with Gasteiger partial charge in [0.1, 0.15) is 10.7 Å². The fourth-order valence-electron chi connectivity index (χ4n) is 1.57. The van der Waals surface area contributed by atoms with Crippen molar-refractivity contribution in [1.82, 2.24) is 19.5 Å². The van der Waals surface area contributed by atoms with E-state index in [0.717, 1.165) is 16.3 Å². The van der Waals surface area contributed by atoms with E-state index < -0.39 is 0 Å². The maximum absolute atomic E-state index is 5.78. The highest BCUT2D eigenvalue weighted by Crippen LogP contribution is 2.32. The van der Waals surface area contributed by atoms with Gasteiger partial charge in [0.2, 0.25) is 0 Å². The Labute approximate surface area is 102 Å². The van der Waals surface area contributed by atoms with E-state index >= 15 is 0 Å². The molecule has 84 valence electrons. The number of imidazole rings is 1. The molecule has 0 saturated heterocycles. The molecule has 5 nitrogen and oxygen atoms in total. The molecule has 17 heavy (non-hydrogen) atoms. The van der Waals surface area contributed by atoms with E-state index in [1.54, 1.807) is 24.9 Å². The highest BCUT2D eigenvalue weighted by molar-refractivity contribution is 7.18. The second-order valence-electron chi connectivity index (χ2n) is 3.42. The fraction of sp³-hybridized carbons (Fsp3) is 0. The third-order valence-electron chi connectivity index (χ3n) is 2.30. The van der Waals surface area contributed by atoms with Crippen LogP contribution in [0.15, 0.2) is 43.2 Å². The van der Waals surface area contributed by atoms with Gasteiger partial charge in [-0.2, -0.15) is 0 Å². The lowest BCUT2D eigenvalue weighted by molar-refractivity contribution is 1.08. The summed E-state index contributed by atoms with van der Waals surface area (Å²) in [5.41, 5.74) is 7.56. The van der Waals surface area contributed by atoms with Gasteiger partial charge in [0.15, 0.2) is 5.13 Å². The Balaban J connectivity index is 2.18. The lowest BCUT2D eigenvalue weighted by atomic mass is 10.2. The van der Waals surface area contributed by atoms with Crippen LogP contribution < -0.4 is 5.73 Å². The SMILES string of the molecule is Nc1nc(-c2cccnc2)c(-n2ccnc2)s1. The van der Waals surface area contributed by atoms with Crippen molar-refractivity contribution in [2.75, 3.05) is 5.73 Å². The number of rotatable bonds is 2. The van der Waals surface area contributed by atoms with Crippen LogP contribution in [-0.2, 0) is 0 Å². The van der Waals surface area contributed by atoms with Gasteiger partial charge in [0.05, 0.1) is 6.33 Å². The molecule has 0 amide bonds. The Kier molecular flexibility index (Phi) is 2.34. The first-order chi connectivity index (χ1) is 8.34. The maximum Gasteiger partial charge on any atom is 0.182 e. The normalized spacial score (nSPS) is 10.6. The van der Waals surface area contributed by atoms with E-state index in [-0.39, 0.29) is 0 Å². The van der Waals surface area contributed by atoms with Crippen LogP contribution in [0.4, 0.5) is 5.13 Å². The monoisotopic (exact) mass is 243 g/mol. The van der Waals surface area contributed by atoms with Crippen LogP contribution in [0.1, 0.15) is 0 Å². The van der Waals surface area contributed by atoms with E-state index in [0.29, 0.717) is 5.13 Å². The average Bonchev–Trinajstić information content (AvgIpc) is 2.98. The van der Waals surface area contributed by atoms with E-state index in [1.807, 2.05) is 22.9 Å². The molecule has 0 radical (unpaired) electrons. The summed E-state index contributed by atoms with van der Waals surface area (Å²) in [5, 5.41) is 1.49. The van der Waals surface area contributed by atoms with Gasteiger partial charge in [0, 0.05) is 30.4 Å². The van der Waals surface area contributed by atoms with Gasteiger partial charge in [-0.15, -0.1) is 0 Å². The molecule has 2 N–H and O–H groups in total. The topological polar surface area (TPSA) is 69.6 Å². The van der Waals surface area contributed by atoms with Crippen molar-refractivity contribution in [3.8, 4) is 16.3 Å². The summed E-state index contributed by atoms with van der Waals surface area (Å²) in [6, 6.07) is 3.84. The van der Waals surface area contributed by atoms with Crippen LogP contribution in [0.5, 0.6) is 0 Å². The molecule has 3 rings (SSSR count). The molecule has 0 unspecified atom stereocenters. The maximum atomic E-state index is 5.78. The molecular weight excluding hydrogens is 234 g/mol. The van der Waals surface area contributed by atoms with Gasteiger partial charge in [-0.3, -0.25) is 9.55 Å². The predicted molar refractivity (Wildman–Crippen MR) is 66.9 cm³/mol. The molecule has 0 atom stereocenters. The molecule has 0 spiro atoms. The Morgan fingerprint density at radius 2 is 2.18 bits per heavy atom. The number of nitrogen functional groups attached to an aromatic ring is 1. The van der Waals surface area contributed by atoms with Crippen molar-refractivity contribution in [1.29, 1.82) is 0 Å². The third-order valence-corrected chi connectivity index (χ3v) is 3.20. The molecule has 6 heteroatoms. The predicted octanol–water partition coefficient (Wildman–Crippen LogP) is 1.97. The smallest absolute Gasteiger partial charge is 0.182 e. The number of anilines is 1. The van der Waals surface area contributed by atoms with Crippen molar-refractivity contribution in [3.63, 3.8) is 0 Å². The van der Waals surface area contributed by atoms with Crippen molar-refractivity contribution in [3.05, 3.63) is 43.2 Å². The molecular formula is C11H9N5S. The molecule has 3 heterocycles. The second-order valence-corrected chi connectivity index (χ2v) is 4.43. The van der Waals surface area contributed by atoms with Gasteiger partial charge in [0.25, 0.3) is 0 Å². The second kappa shape index (κ2) is 3.99. The number of hydrogen-bond donors (Lipinski definition) is 1. The van der Waals surface area contributed by atoms with E-state index in [4.69, 9.17) is 5.73 Å². The Bertz CT molecular complexity index is 615. The third kappa shape index (κ3) is 1.78. The number of nitrogens with zero attached hydrogens (tertiary/aromatic N) is 4. The van der Waals surface area contributed by atoms with Gasteiger partial charge in [-0.05, 0) is 12.1 Å². The number of pyridine rings is 1. The minimum absolute atomic E-state index is 0.535. The van der Waals surface area contributed by atoms with Crippen LogP contribution >= 0.6 is 11.3 Å². The first kappa shape index (κ1) is 9.98. The molecule has 0 fully saturated rings. The minimum Gasteiger partial charge on any atom is -0.375 e. The molecule has 0 bridgehead atoms. The standard InChI is InChI=1S/C11H9N5S/c12-11-15-9(8-2-1-3-13-6-8)10(17-11)16-5-4-14-7-16/h1-7H,(H2,12,15). The highest BCUT2D eigenvalue weighted by atomic mass is 32.1. The summed E-state index contributed by atoms with van der Waals surface area (Å²) >= 11 is 1.43. The lowest BCUT2D eigenvalue weighted by Crippen LogP contribution is -1.90. The Morgan fingerprint density at radius 1 is 1.24 bits per heavy atom. The summed E-state index contributed by atoms with van der Waals surface area (Å²) in [7, 11) is 0. The summed E-state index contributed by atoms with van der Waals surface area (Å²) in [6.45, 7) is 0. The van der Waals surface area contributed by atoms with Gasteiger partial charge >= 0.3 is 0 Å². The van der Waals surface area contributed by atoms with Crippen molar-refractivity contribution < 1.29 is 0 Å². The summed E-state index contributed by atoms with van der Waals surface area (Å²) in [4.78, 5) is 12.5. The van der Waals surface area contributed by atoms with Crippen LogP contribution in [-0.4, -0.2) is 19.5 Å². The molecule has 0 saturated carbocycles. The molecule has 3 aromatic heterocycles. The molecule has 0 aliphatic heterocycles. The van der Waals surface area contributed by atoms with Gasteiger partial charge in [-0.1, -0.05) is 11.3 Å². The highest BCUT2D eigenvalue weighted by Gasteiger charge is 2.13. The van der Waals surface area contributed by atoms with E-state index in [9.17, 15) is 0 Å². The van der Waals surface area contributed by atoms with Crippen LogP contribution in [0.25, 0.3) is 16.3 Å². The van der Waals surface area contributed by atoms with Crippen molar-refractivity contribution >= 4 is 16.5 Å².